The first-order chi connectivity index (χ1) is 61.3. The van der Waals surface area contributed by atoms with Gasteiger partial charge in [0.15, 0.2) is 0 Å². The standard InChI is InChI=1S/C108H92N2O14/c1-9-25-79(26-10-1)65-113-95-49-89(50-96(57-95)114-66-80-27-11-2-12-28-80)75-121-103-45-87(46-104(61-103)122-76-90-51-97(115-67-81-29-13-3-14-30-81)58-98(52-90)116-68-82-31-15-4-16-32-82)73-111-93-41-43-109-107(63-93)108-64-94(42-44-110-108)112-74-88-47-105(123-77-91-53-99(117-69-83-33-17-5-18-34-83)59-100(54-91)118-70-84-35-19-6-20-36-84)62-106(48-88)124-78-92-55-101(119-71-85-37-21-7-22-38-85)60-102(56-92)120-72-86-39-23-8-24-40-86/h1-64H,65-78H2. The van der Waals surface area contributed by atoms with E-state index in [0.717, 1.165) is 77.9 Å². The summed E-state index contributed by atoms with van der Waals surface area (Å²) < 4.78 is 91.6. The monoisotopic (exact) mass is 1640 g/mol. The molecule has 124 heavy (non-hydrogen) atoms. The number of ether oxygens (including phenoxy) is 14. The van der Waals surface area contributed by atoms with Gasteiger partial charge in [-0.3, -0.25) is 9.97 Å². The third-order valence-electron chi connectivity index (χ3n) is 19.8. The molecule has 0 aliphatic heterocycles. The van der Waals surface area contributed by atoms with Crippen molar-refractivity contribution < 1.29 is 66.3 Å². The van der Waals surface area contributed by atoms with Gasteiger partial charge < -0.3 is 66.3 Å². The van der Waals surface area contributed by atoms with Gasteiger partial charge in [0.1, 0.15) is 173 Å². The average molecular weight is 1640 g/mol. The van der Waals surface area contributed by atoms with E-state index in [4.69, 9.17) is 76.3 Å². The first-order valence-electron chi connectivity index (χ1n) is 41.1. The Morgan fingerprint density at radius 3 is 0.395 bits per heavy atom. The molecule has 16 rings (SSSR count). The molecule has 16 nitrogen and oxygen atoms in total. The lowest BCUT2D eigenvalue weighted by Crippen LogP contribution is -2.04. The fourth-order valence-electron chi connectivity index (χ4n) is 13.5. The number of nitrogens with zero attached hydrogens (tertiary/aromatic N) is 2. The molecule has 0 atom stereocenters. The Bertz CT molecular complexity index is 5090. The Balaban J connectivity index is 0.644. The van der Waals surface area contributed by atoms with E-state index in [-0.39, 0.29) is 39.6 Å². The van der Waals surface area contributed by atoms with Crippen molar-refractivity contribution in [3.63, 3.8) is 0 Å². The van der Waals surface area contributed by atoms with Gasteiger partial charge in [0.25, 0.3) is 0 Å². The SMILES string of the molecule is c1ccc(COc2cc(COc3cc(COc4ccnc(-c5cc(OCc6cc(OCc7cc(OCc8ccccc8)cc(OCc8ccccc8)c7)cc(OCc7cc(OCc8ccccc8)cc(OCc8ccccc8)c7)c6)ccn5)c4)cc(OCc4cc(OCc5ccccc5)cc(OCc5ccccc5)c4)c3)cc(OCc3ccccc3)c2)cc1. The van der Waals surface area contributed by atoms with E-state index < -0.39 is 0 Å². The molecule has 0 aliphatic rings. The van der Waals surface area contributed by atoms with Crippen molar-refractivity contribution in [3.8, 4) is 91.9 Å². The van der Waals surface area contributed by atoms with Crippen molar-refractivity contribution in [1.82, 2.24) is 9.97 Å². The predicted octanol–water partition coefficient (Wildman–Crippen LogP) is 24.2. The topological polar surface area (TPSA) is 155 Å². The summed E-state index contributed by atoms with van der Waals surface area (Å²) in [7, 11) is 0. The lowest BCUT2D eigenvalue weighted by Gasteiger charge is -2.16. The minimum atomic E-state index is 0.127. The van der Waals surface area contributed by atoms with Crippen LogP contribution in [0.25, 0.3) is 11.4 Å². The third kappa shape index (κ3) is 25.8. The van der Waals surface area contributed by atoms with Crippen LogP contribution in [0.1, 0.15) is 77.9 Å². The quantitative estimate of drug-likeness (QED) is 0.0355. The number of pyridine rings is 2. The van der Waals surface area contributed by atoms with E-state index in [0.29, 0.717) is 145 Å². The van der Waals surface area contributed by atoms with Gasteiger partial charge in [0.05, 0.1) is 11.4 Å². The highest BCUT2D eigenvalue weighted by molar-refractivity contribution is 5.58. The number of hydrogen-bond acceptors (Lipinski definition) is 16. The molecule has 2 aromatic heterocycles. The largest absolute Gasteiger partial charge is 0.489 e. The van der Waals surface area contributed by atoms with Crippen molar-refractivity contribution in [2.45, 2.75) is 92.5 Å². The number of rotatable bonds is 43. The number of hydrogen-bond donors (Lipinski definition) is 0. The Labute approximate surface area is 722 Å². The minimum absolute atomic E-state index is 0.127. The van der Waals surface area contributed by atoms with Gasteiger partial charge in [-0.1, -0.05) is 243 Å². The van der Waals surface area contributed by atoms with Crippen LogP contribution in [-0.2, 0) is 92.5 Å². The van der Waals surface area contributed by atoms with E-state index in [1.54, 1.807) is 12.4 Å². The maximum absolute atomic E-state index is 6.74. The van der Waals surface area contributed by atoms with E-state index in [1.165, 1.54) is 0 Å². The second-order valence-corrected chi connectivity index (χ2v) is 29.6. The summed E-state index contributed by atoms with van der Waals surface area (Å²) >= 11 is 0. The molecule has 0 fully saturated rings. The van der Waals surface area contributed by atoms with E-state index in [2.05, 4.69) is 0 Å². The minimum Gasteiger partial charge on any atom is -0.489 e. The molecule has 0 unspecified atom stereocenters. The first-order valence-corrected chi connectivity index (χ1v) is 41.1. The molecule has 16 heteroatoms. The van der Waals surface area contributed by atoms with Crippen molar-refractivity contribution in [1.29, 1.82) is 0 Å². The van der Waals surface area contributed by atoms with Gasteiger partial charge in [0.2, 0.25) is 0 Å². The molecule has 0 amide bonds. The van der Waals surface area contributed by atoms with Crippen LogP contribution in [0.4, 0.5) is 0 Å². The maximum atomic E-state index is 6.74. The Morgan fingerprint density at radius 2 is 0.250 bits per heavy atom. The van der Waals surface area contributed by atoms with Crippen LogP contribution in [0, 0.1) is 0 Å². The van der Waals surface area contributed by atoms with Crippen LogP contribution < -0.4 is 66.3 Å². The van der Waals surface area contributed by atoms with Gasteiger partial charge in [-0.05, 0) is 163 Å². The number of benzene rings is 14. The Kier molecular flexibility index (Phi) is 28.5. The lowest BCUT2D eigenvalue weighted by atomic mass is 10.2. The van der Waals surface area contributed by atoms with E-state index >= 15 is 0 Å². The summed E-state index contributed by atoms with van der Waals surface area (Å²) in [6.45, 7) is 3.91. The molecule has 0 spiro atoms. The van der Waals surface area contributed by atoms with Gasteiger partial charge in [0, 0.05) is 60.9 Å². The molecule has 0 radical (unpaired) electrons. The van der Waals surface area contributed by atoms with Crippen molar-refractivity contribution in [2.24, 2.45) is 0 Å². The molecule has 618 valence electrons. The average Bonchev–Trinajstić information content (AvgIpc) is 0.845. The lowest BCUT2D eigenvalue weighted by molar-refractivity contribution is 0.273. The fourth-order valence-corrected chi connectivity index (χ4v) is 13.5. The smallest absolute Gasteiger partial charge is 0.123 e. The van der Waals surface area contributed by atoms with Gasteiger partial charge in [-0.15, -0.1) is 0 Å². The second kappa shape index (κ2) is 43.0. The Hall–Kier alpha value is -15.4. The number of aromatic nitrogens is 2. The van der Waals surface area contributed by atoms with Crippen molar-refractivity contribution >= 4 is 0 Å². The molecule has 14 aromatic carbocycles. The third-order valence-corrected chi connectivity index (χ3v) is 19.8. The maximum Gasteiger partial charge on any atom is 0.123 e. The van der Waals surface area contributed by atoms with Crippen molar-refractivity contribution in [3.05, 3.63) is 466 Å². The molecule has 0 N–H and O–H groups in total. The summed E-state index contributed by atoms with van der Waals surface area (Å²) in [6.07, 6.45) is 3.40. The summed E-state index contributed by atoms with van der Waals surface area (Å²) in [4.78, 5) is 9.57. The highest BCUT2D eigenvalue weighted by Crippen LogP contribution is 2.36. The van der Waals surface area contributed by atoms with Crippen molar-refractivity contribution in [2.75, 3.05) is 0 Å². The van der Waals surface area contributed by atoms with Gasteiger partial charge in [-0.2, -0.15) is 0 Å². The van der Waals surface area contributed by atoms with E-state index in [9.17, 15) is 0 Å². The zero-order valence-electron chi connectivity index (χ0n) is 68.5. The summed E-state index contributed by atoms with van der Waals surface area (Å²) in [5.74, 6) is 8.40. The first kappa shape index (κ1) is 82.3. The molecule has 0 bridgehead atoms. The normalized spacial score (nSPS) is 10.9. The molecule has 16 aromatic rings. The molecule has 2 heterocycles. The molecule has 0 saturated carbocycles. The highest BCUT2D eigenvalue weighted by Gasteiger charge is 2.17. The molecular weight excluding hydrogens is 1550 g/mol. The molecule has 0 aliphatic carbocycles. The van der Waals surface area contributed by atoms with Crippen LogP contribution in [0.2, 0.25) is 0 Å². The summed E-state index contributed by atoms with van der Waals surface area (Å²) in [5, 5.41) is 0. The van der Waals surface area contributed by atoms with E-state index in [1.807, 2.05) is 376 Å². The highest BCUT2D eigenvalue weighted by atomic mass is 16.5. The summed E-state index contributed by atoms with van der Waals surface area (Å²) in [6, 6.07) is 123. The second-order valence-electron chi connectivity index (χ2n) is 29.6. The van der Waals surface area contributed by atoms with Crippen LogP contribution in [0.3, 0.4) is 0 Å². The van der Waals surface area contributed by atoms with Gasteiger partial charge in [-0.25, -0.2) is 0 Å². The predicted molar refractivity (Wildman–Crippen MR) is 478 cm³/mol. The summed E-state index contributed by atoms with van der Waals surface area (Å²) in [5.41, 5.74) is 14.3. The van der Waals surface area contributed by atoms with Gasteiger partial charge >= 0.3 is 0 Å². The van der Waals surface area contributed by atoms with Crippen LogP contribution in [-0.4, -0.2) is 9.97 Å². The Morgan fingerprint density at radius 1 is 0.121 bits per heavy atom. The molecular formula is C108H92N2O14. The molecule has 0 saturated heterocycles. The van der Waals surface area contributed by atoms with Crippen LogP contribution in [0.15, 0.2) is 389 Å². The zero-order valence-corrected chi connectivity index (χ0v) is 68.5. The van der Waals surface area contributed by atoms with Crippen LogP contribution >= 0.6 is 0 Å². The fraction of sp³-hybridized carbons (Fsp3) is 0.130. The zero-order chi connectivity index (χ0) is 83.8. The van der Waals surface area contributed by atoms with Crippen LogP contribution in [0.5, 0.6) is 80.5 Å².